The summed E-state index contributed by atoms with van der Waals surface area (Å²) in [6.45, 7) is 3.09. The van der Waals surface area contributed by atoms with E-state index in [1.165, 1.54) is 0 Å². The Bertz CT molecular complexity index is 427. The molecule has 1 aliphatic rings. The Hall–Kier alpha value is -1.00. The second kappa shape index (κ2) is 5.76. The van der Waals surface area contributed by atoms with Gasteiger partial charge in [-0.2, -0.15) is 0 Å². The smallest absolute Gasteiger partial charge is 0.270 e. The van der Waals surface area contributed by atoms with Crippen LogP contribution in [0.5, 0.6) is 0 Å². The number of rotatable bonds is 5. The fourth-order valence-corrected chi connectivity index (χ4v) is 2.54. The summed E-state index contributed by atoms with van der Waals surface area (Å²) in [7, 11) is 0. The maximum absolute atomic E-state index is 12.5. The molecule has 0 bridgehead atoms. The van der Waals surface area contributed by atoms with Crippen LogP contribution in [-0.4, -0.2) is 39.7 Å². The van der Waals surface area contributed by atoms with Crippen LogP contribution in [0.2, 0.25) is 5.02 Å². The lowest BCUT2D eigenvalue weighted by molar-refractivity contribution is 0.0515. The van der Waals surface area contributed by atoms with E-state index in [-0.39, 0.29) is 18.6 Å². The summed E-state index contributed by atoms with van der Waals surface area (Å²) in [6, 6.07) is 1.99. The summed E-state index contributed by atoms with van der Waals surface area (Å²) >= 11 is 5.96. The van der Waals surface area contributed by atoms with Gasteiger partial charge < -0.3 is 14.6 Å². The van der Waals surface area contributed by atoms with Gasteiger partial charge in [-0.15, -0.1) is 0 Å². The maximum Gasteiger partial charge on any atom is 0.270 e. The van der Waals surface area contributed by atoms with Crippen LogP contribution in [0.15, 0.2) is 12.3 Å². The number of carbonyl (C=O) groups excluding carboxylic acids is 1. The van der Waals surface area contributed by atoms with E-state index >= 15 is 0 Å². The van der Waals surface area contributed by atoms with Gasteiger partial charge in [0.2, 0.25) is 0 Å². The summed E-state index contributed by atoms with van der Waals surface area (Å²) in [5, 5.41) is 9.69. The van der Waals surface area contributed by atoms with E-state index in [2.05, 4.69) is 0 Å². The minimum Gasteiger partial charge on any atom is -0.395 e. The van der Waals surface area contributed by atoms with Crippen LogP contribution in [0, 0.1) is 0 Å². The summed E-state index contributed by atoms with van der Waals surface area (Å²) in [4.78, 5) is 14.3. The lowest BCUT2D eigenvalue weighted by Gasteiger charge is -2.37. The van der Waals surface area contributed by atoms with Crippen LogP contribution in [0.1, 0.15) is 36.7 Å². The molecule has 1 saturated carbocycles. The normalized spacial score (nSPS) is 15.5. The number of aliphatic hydroxyl groups is 1. The van der Waals surface area contributed by atoms with Gasteiger partial charge in [-0.3, -0.25) is 4.79 Å². The molecular formula is C13H19ClN2O2. The molecule has 18 heavy (non-hydrogen) atoms. The van der Waals surface area contributed by atoms with Crippen molar-refractivity contribution < 1.29 is 9.90 Å². The van der Waals surface area contributed by atoms with Crippen molar-refractivity contribution in [1.29, 1.82) is 0 Å². The van der Waals surface area contributed by atoms with Gasteiger partial charge in [0.15, 0.2) is 0 Å². The van der Waals surface area contributed by atoms with Gasteiger partial charge in [0.25, 0.3) is 5.91 Å². The van der Waals surface area contributed by atoms with Gasteiger partial charge >= 0.3 is 0 Å². The molecule has 0 unspecified atom stereocenters. The lowest BCUT2D eigenvalue weighted by atomic mass is 9.91. The van der Waals surface area contributed by atoms with Crippen molar-refractivity contribution in [3.8, 4) is 0 Å². The largest absolute Gasteiger partial charge is 0.395 e. The molecule has 2 rings (SSSR count). The Balaban J connectivity index is 2.20. The Morgan fingerprint density at radius 2 is 2.33 bits per heavy atom. The topological polar surface area (TPSA) is 45.5 Å². The van der Waals surface area contributed by atoms with Gasteiger partial charge in [0.05, 0.1) is 11.6 Å². The predicted octanol–water partition coefficient (Wildman–Crippen LogP) is 2.15. The van der Waals surface area contributed by atoms with Gasteiger partial charge in [-0.25, -0.2) is 0 Å². The molecule has 1 heterocycles. The molecular weight excluding hydrogens is 252 g/mol. The highest BCUT2D eigenvalue weighted by Crippen LogP contribution is 2.27. The molecule has 1 aliphatic carbocycles. The van der Waals surface area contributed by atoms with E-state index in [0.29, 0.717) is 23.8 Å². The summed E-state index contributed by atoms with van der Waals surface area (Å²) < 4.78 is 1.85. The van der Waals surface area contributed by atoms with Crippen molar-refractivity contribution in [3.63, 3.8) is 0 Å². The molecule has 4 nitrogen and oxygen atoms in total. The summed E-state index contributed by atoms with van der Waals surface area (Å²) in [5.74, 6) is -0.0255. The van der Waals surface area contributed by atoms with Gasteiger partial charge in [0.1, 0.15) is 5.69 Å². The second-order valence-corrected chi connectivity index (χ2v) is 5.07. The first kappa shape index (κ1) is 13.4. The number of aliphatic hydroxyl groups excluding tert-OH is 1. The number of aromatic nitrogens is 1. The van der Waals surface area contributed by atoms with Crippen molar-refractivity contribution in [2.24, 2.45) is 0 Å². The standard InChI is InChI=1S/C13H19ClN2O2/c1-2-15-9-10(14)8-12(15)13(18)16(6-7-17)11-4-3-5-11/h8-9,11,17H,2-7H2,1H3. The van der Waals surface area contributed by atoms with Crippen LogP contribution in [-0.2, 0) is 6.54 Å². The molecule has 1 fully saturated rings. The molecule has 0 aromatic carbocycles. The Labute approximate surface area is 112 Å². The highest BCUT2D eigenvalue weighted by molar-refractivity contribution is 6.31. The third-order valence-electron chi connectivity index (χ3n) is 3.54. The van der Waals surface area contributed by atoms with Crippen LogP contribution >= 0.6 is 11.6 Å². The Morgan fingerprint density at radius 1 is 1.61 bits per heavy atom. The van der Waals surface area contributed by atoms with E-state index in [0.717, 1.165) is 19.3 Å². The van der Waals surface area contributed by atoms with Crippen molar-refractivity contribution in [2.45, 2.75) is 38.8 Å². The highest BCUT2D eigenvalue weighted by Gasteiger charge is 2.30. The number of amides is 1. The fourth-order valence-electron chi connectivity index (χ4n) is 2.32. The number of hydrogen-bond acceptors (Lipinski definition) is 2. The Morgan fingerprint density at radius 3 is 2.83 bits per heavy atom. The molecule has 1 aromatic rings. The average molecular weight is 271 g/mol. The summed E-state index contributed by atoms with van der Waals surface area (Å²) in [5.41, 5.74) is 0.614. The first-order valence-electron chi connectivity index (χ1n) is 6.45. The minimum absolute atomic E-state index is 0.00278. The second-order valence-electron chi connectivity index (χ2n) is 4.64. The number of halogens is 1. The van der Waals surface area contributed by atoms with Gasteiger partial charge in [-0.1, -0.05) is 11.6 Å². The van der Waals surface area contributed by atoms with Crippen molar-refractivity contribution >= 4 is 17.5 Å². The SMILES string of the molecule is CCn1cc(Cl)cc1C(=O)N(CCO)C1CCC1. The molecule has 1 amide bonds. The number of carbonyl (C=O) groups is 1. The van der Waals surface area contributed by atoms with Crippen LogP contribution < -0.4 is 0 Å². The molecule has 0 atom stereocenters. The average Bonchev–Trinajstić information content (AvgIpc) is 2.66. The van der Waals surface area contributed by atoms with E-state index in [1.54, 1.807) is 17.2 Å². The zero-order valence-electron chi connectivity index (χ0n) is 10.6. The number of aryl methyl sites for hydroxylation is 1. The number of nitrogens with zero attached hydrogens (tertiary/aromatic N) is 2. The van der Waals surface area contributed by atoms with Crippen LogP contribution in [0.25, 0.3) is 0 Å². The van der Waals surface area contributed by atoms with Crippen molar-refractivity contribution in [3.05, 3.63) is 23.0 Å². The molecule has 5 heteroatoms. The zero-order valence-corrected chi connectivity index (χ0v) is 11.4. The van der Waals surface area contributed by atoms with Gasteiger partial charge in [0, 0.05) is 25.3 Å². The number of hydrogen-bond donors (Lipinski definition) is 1. The van der Waals surface area contributed by atoms with E-state index in [9.17, 15) is 4.79 Å². The third kappa shape index (κ3) is 2.54. The molecule has 0 saturated heterocycles. The van der Waals surface area contributed by atoms with Gasteiger partial charge in [-0.05, 0) is 32.3 Å². The van der Waals surface area contributed by atoms with Crippen molar-refractivity contribution in [2.75, 3.05) is 13.2 Å². The quantitative estimate of drug-likeness (QED) is 0.891. The van der Waals surface area contributed by atoms with Crippen molar-refractivity contribution in [1.82, 2.24) is 9.47 Å². The Kier molecular flexibility index (Phi) is 4.30. The zero-order chi connectivity index (χ0) is 13.1. The first-order chi connectivity index (χ1) is 8.67. The lowest BCUT2D eigenvalue weighted by Crippen LogP contribution is -2.46. The van der Waals surface area contributed by atoms with E-state index < -0.39 is 0 Å². The maximum atomic E-state index is 12.5. The molecule has 0 spiro atoms. The van der Waals surface area contributed by atoms with Crippen LogP contribution in [0.4, 0.5) is 0 Å². The predicted molar refractivity (Wildman–Crippen MR) is 70.9 cm³/mol. The third-order valence-corrected chi connectivity index (χ3v) is 3.75. The molecule has 100 valence electrons. The fraction of sp³-hybridized carbons (Fsp3) is 0.615. The van der Waals surface area contributed by atoms with E-state index in [4.69, 9.17) is 16.7 Å². The summed E-state index contributed by atoms with van der Waals surface area (Å²) in [6.07, 6.45) is 5.00. The first-order valence-corrected chi connectivity index (χ1v) is 6.82. The molecule has 0 aliphatic heterocycles. The minimum atomic E-state index is -0.0255. The molecule has 0 radical (unpaired) electrons. The van der Waals surface area contributed by atoms with Crippen LogP contribution in [0.3, 0.4) is 0 Å². The highest BCUT2D eigenvalue weighted by atomic mass is 35.5. The van der Waals surface area contributed by atoms with E-state index in [1.807, 2.05) is 11.5 Å². The monoisotopic (exact) mass is 270 g/mol. The molecule has 1 aromatic heterocycles. The molecule has 1 N–H and O–H groups in total.